The van der Waals surface area contributed by atoms with Crippen LogP contribution in [0.5, 0.6) is 0 Å². The van der Waals surface area contributed by atoms with Gasteiger partial charge in [0.2, 0.25) is 65.0 Å². The molecule has 2 aliphatic heterocycles. The van der Waals surface area contributed by atoms with Gasteiger partial charge in [-0.1, -0.05) is 74.5 Å². The second kappa shape index (κ2) is 35.5. The molecule has 25 nitrogen and oxygen atoms in total. The van der Waals surface area contributed by atoms with Crippen LogP contribution < -0.4 is 60.2 Å². The fraction of sp³-hybridized carbons (Fsp3) is 0.579. The number of hydrogen-bond acceptors (Lipinski definition) is 15. The molecule has 2 saturated heterocycles. The maximum Gasteiger partial charge on any atom is 0.245 e. The second-order valence-electron chi connectivity index (χ2n) is 21.4. The zero-order valence-electron chi connectivity index (χ0n) is 47.8. The molecule has 0 aromatic heterocycles. The number of primary amides is 2. The minimum Gasteiger partial charge on any atom is -0.370 e. The maximum atomic E-state index is 14.6. The lowest BCUT2D eigenvalue weighted by Crippen LogP contribution is -2.60. The maximum absolute atomic E-state index is 14.6. The molecule has 0 radical (unpaired) electrons. The predicted octanol–water partition coefficient (Wildman–Crippen LogP) is -1.54. The third-order valence-corrected chi connectivity index (χ3v) is 15.0. The zero-order valence-corrected chi connectivity index (χ0v) is 48.6. The first-order chi connectivity index (χ1) is 39.6. The first-order valence-electron chi connectivity index (χ1n) is 28.4. The van der Waals surface area contributed by atoms with Crippen molar-refractivity contribution in [2.75, 3.05) is 38.2 Å². The molecule has 2 aromatic carbocycles. The topological polar surface area (TPSA) is 400 Å². The third-order valence-electron chi connectivity index (χ3n) is 14.3. The van der Waals surface area contributed by atoms with Gasteiger partial charge in [0.25, 0.3) is 0 Å². The number of benzene rings is 2. The van der Waals surface area contributed by atoms with Gasteiger partial charge >= 0.3 is 0 Å². The summed E-state index contributed by atoms with van der Waals surface area (Å²) in [6, 6.07) is 6.66. The van der Waals surface area contributed by atoms with E-state index in [2.05, 4.69) is 37.2 Å². The van der Waals surface area contributed by atoms with E-state index in [-0.39, 0.29) is 51.0 Å². The monoisotopic (exact) mass is 1180 g/mol. The molecule has 0 saturated carbocycles. The molecule has 0 aliphatic carbocycles. The molecule has 11 amide bonds. The SMILES string of the molecule is CSCC[C@H](N)C(=O)N[C@@H](CC(C)C)C(=O)NCC(=O)N[C@@H](Cc1ccccc1)C(=O)N[C@@H](Cc1ccccc1)C(=O)N[C@@H](CCC(N)=O)C(=O)N[C@@H](CCC(N)=O)C(=O)N1CCC[C@H]1C(=O)N[C@@H](CCCCN)C(=O)N1CCC[C@H]1C=O. The van der Waals surface area contributed by atoms with Crippen LogP contribution in [0.3, 0.4) is 0 Å². The summed E-state index contributed by atoms with van der Waals surface area (Å²) in [6.45, 7) is 3.86. The van der Waals surface area contributed by atoms with Crippen molar-refractivity contribution >= 4 is 83.0 Å². The van der Waals surface area contributed by atoms with Crippen molar-refractivity contribution < 1.29 is 57.5 Å². The average molecular weight is 1180 g/mol. The average Bonchev–Trinajstić information content (AvgIpc) is 4.41. The van der Waals surface area contributed by atoms with Gasteiger partial charge in [-0.05, 0) is 106 Å². The van der Waals surface area contributed by atoms with E-state index in [4.69, 9.17) is 22.9 Å². The van der Waals surface area contributed by atoms with Crippen LogP contribution in [0.1, 0.15) is 108 Å². The van der Waals surface area contributed by atoms with Crippen LogP contribution in [0.2, 0.25) is 0 Å². The fourth-order valence-electron chi connectivity index (χ4n) is 9.86. The van der Waals surface area contributed by atoms with Crippen LogP contribution in [-0.4, -0.2) is 174 Å². The van der Waals surface area contributed by atoms with Gasteiger partial charge in [0.15, 0.2) is 0 Å². The molecule has 83 heavy (non-hydrogen) atoms. The summed E-state index contributed by atoms with van der Waals surface area (Å²) in [4.78, 5) is 165. The van der Waals surface area contributed by atoms with Gasteiger partial charge in [-0.25, -0.2) is 0 Å². The van der Waals surface area contributed by atoms with Crippen LogP contribution in [-0.2, 0) is 70.4 Å². The number of carbonyl (C=O) groups excluding carboxylic acids is 12. The molecule has 2 heterocycles. The number of unbranched alkanes of at least 4 members (excludes halogenated alkanes) is 1. The Morgan fingerprint density at radius 3 is 1.67 bits per heavy atom. The van der Waals surface area contributed by atoms with E-state index in [0.29, 0.717) is 74.8 Å². The Kier molecular flexibility index (Phi) is 29.1. The highest BCUT2D eigenvalue weighted by atomic mass is 32.2. The van der Waals surface area contributed by atoms with Crippen molar-refractivity contribution in [3.05, 3.63) is 71.8 Å². The first kappa shape index (κ1) is 68.1. The molecule has 15 N–H and O–H groups in total. The second-order valence-corrected chi connectivity index (χ2v) is 22.4. The highest BCUT2D eigenvalue weighted by Crippen LogP contribution is 2.23. The number of hydrogen-bond donors (Lipinski definition) is 11. The zero-order chi connectivity index (χ0) is 61.0. The molecule has 0 spiro atoms. The lowest BCUT2D eigenvalue weighted by atomic mass is 10.0. The standard InChI is InChI=1S/C57H85N13O12S/c1-35(2)30-43(67-50(75)39(59)25-29-83-3)51(76)62-33-49(74)63-44(31-36-14-6-4-7-15-36)53(78)68-45(32-37-16-8-5-9-17-37)54(79)64-40(21-23-47(60)72)52(77)65-42(22-24-48(61)73)57(82)70-28-13-20-46(70)55(80)66-41(19-10-11-26-58)56(81)69-27-12-18-38(69)34-71/h4-9,14-17,34-35,38-46H,10-13,18-33,58-59H2,1-3H3,(H2,60,72)(H2,61,73)(H,62,76)(H,63,74)(H,64,79)(H,65,77)(H,66,80)(H,67,75)(H,68,78)/t38-,39-,40-,41-,42-,43-,44-,45-,46-/m0/s1. The van der Waals surface area contributed by atoms with Crippen LogP contribution in [0.25, 0.3) is 0 Å². The van der Waals surface area contributed by atoms with Crippen LogP contribution >= 0.6 is 11.8 Å². The van der Waals surface area contributed by atoms with Gasteiger partial charge < -0.3 is 74.7 Å². The number of aldehydes is 1. The summed E-state index contributed by atoms with van der Waals surface area (Å²) in [5.74, 6) is -7.59. The Morgan fingerprint density at radius 1 is 0.602 bits per heavy atom. The van der Waals surface area contributed by atoms with Crippen molar-refractivity contribution in [1.29, 1.82) is 0 Å². The Hall–Kier alpha value is -7.45. The summed E-state index contributed by atoms with van der Waals surface area (Å²) in [6.07, 6.45) is 4.34. The van der Waals surface area contributed by atoms with Gasteiger partial charge in [-0.2, -0.15) is 11.8 Å². The minimum atomic E-state index is -1.59. The molecule has 0 unspecified atom stereocenters. The highest BCUT2D eigenvalue weighted by Gasteiger charge is 2.41. The van der Waals surface area contributed by atoms with Crippen molar-refractivity contribution in [1.82, 2.24) is 47.0 Å². The number of nitrogens with one attached hydrogen (secondary N) is 7. The molecule has 2 aromatic rings. The van der Waals surface area contributed by atoms with E-state index in [0.717, 1.165) is 0 Å². The van der Waals surface area contributed by atoms with Crippen molar-refractivity contribution in [3.8, 4) is 0 Å². The third kappa shape index (κ3) is 23.0. The Labute approximate surface area is 489 Å². The van der Waals surface area contributed by atoms with Crippen LogP contribution in [0.15, 0.2) is 60.7 Å². The number of thioether (sulfide) groups is 1. The summed E-state index contributed by atoms with van der Waals surface area (Å²) >= 11 is 1.52. The molecular weight excluding hydrogens is 1090 g/mol. The van der Waals surface area contributed by atoms with E-state index in [1.807, 2.05) is 20.1 Å². The number of rotatable bonds is 36. The quantitative estimate of drug-likeness (QED) is 0.0272. The fourth-order valence-corrected chi connectivity index (χ4v) is 10.3. The summed E-state index contributed by atoms with van der Waals surface area (Å²) in [5, 5.41) is 18.6. The van der Waals surface area contributed by atoms with Crippen molar-refractivity contribution in [3.63, 3.8) is 0 Å². The Balaban J connectivity index is 1.58. The molecule has 2 fully saturated rings. The van der Waals surface area contributed by atoms with E-state index < -0.39 is 145 Å². The van der Waals surface area contributed by atoms with E-state index in [9.17, 15) is 57.5 Å². The number of nitrogens with two attached hydrogens (primary N) is 4. The molecule has 9 atom stereocenters. The van der Waals surface area contributed by atoms with Crippen LogP contribution in [0, 0.1) is 5.92 Å². The first-order valence-corrected chi connectivity index (χ1v) is 29.8. The smallest absolute Gasteiger partial charge is 0.245 e. The highest BCUT2D eigenvalue weighted by molar-refractivity contribution is 7.98. The largest absolute Gasteiger partial charge is 0.370 e. The molecule has 456 valence electrons. The van der Waals surface area contributed by atoms with Gasteiger partial charge in [0, 0.05) is 38.8 Å². The van der Waals surface area contributed by atoms with E-state index >= 15 is 0 Å². The van der Waals surface area contributed by atoms with E-state index in [1.165, 1.54) is 21.6 Å². The molecule has 4 rings (SSSR count). The lowest BCUT2D eigenvalue weighted by Gasteiger charge is -2.32. The van der Waals surface area contributed by atoms with Gasteiger partial charge in [-0.15, -0.1) is 0 Å². The van der Waals surface area contributed by atoms with Crippen molar-refractivity contribution in [2.45, 2.75) is 165 Å². The summed E-state index contributed by atoms with van der Waals surface area (Å²) < 4.78 is 0. The molecule has 2 aliphatic rings. The number of nitrogens with zero attached hydrogens (tertiary/aromatic N) is 2. The molecule has 0 bridgehead atoms. The normalized spacial score (nSPS) is 17.3. The van der Waals surface area contributed by atoms with Gasteiger partial charge in [0.05, 0.1) is 18.6 Å². The van der Waals surface area contributed by atoms with Gasteiger partial charge in [-0.3, -0.25) is 52.7 Å². The Bertz CT molecular complexity index is 2530. The van der Waals surface area contributed by atoms with E-state index in [1.54, 1.807) is 60.7 Å². The molecule has 26 heteroatoms. The number of carbonyl (C=O) groups is 12. The predicted molar refractivity (Wildman–Crippen MR) is 311 cm³/mol. The minimum absolute atomic E-state index is 0.0315. The molecular formula is C57H85N13O12S. The Morgan fingerprint density at radius 2 is 1.11 bits per heavy atom. The summed E-state index contributed by atoms with van der Waals surface area (Å²) in [7, 11) is 0. The van der Waals surface area contributed by atoms with Gasteiger partial charge in [0.1, 0.15) is 48.6 Å². The lowest BCUT2D eigenvalue weighted by molar-refractivity contribution is -0.144. The van der Waals surface area contributed by atoms with Crippen LogP contribution in [0.4, 0.5) is 0 Å². The number of likely N-dealkylation sites (tertiary alicyclic amines) is 2. The van der Waals surface area contributed by atoms with Crippen molar-refractivity contribution in [2.24, 2.45) is 28.9 Å². The summed E-state index contributed by atoms with van der Waals surface area (Å²) in [5.41, 5.74) is 24.0. The number of amides is 11.